The van der Waals surface area contributed by atoms with E-state index in [4.69, 9.17) is 11.6 Å². The van der Waals surface area contributed by atoms with Gasteiger partial charge in [-0.25, -0.2) is 8.78 Å². The first-order valence-electron chi connectivity index (χ1n) is 9.07. The summed E-state index contributed by atoms with van der Waals surface area (Å²) in [6.07, 6.45) is 3.92. The number of fused-ring (bicyclic) bond motifs is 3. The van der Waals surface area contributed by atoms with Gasteiger partial charge in [0.25, 0.3) is 0 Å². The van der Waals surface area contributed by atoms with Crippen LogP contribution in [0.4, 0.5) is 8.78 Å². The maximum absolute atomic E-state index is 13.7. The fourth-order valence-electron chi connectivity index (χ4n) is 3.82. The van der Waals surface area contributed by atoms with Crippen LogP contribution in [-0.4, -0.2) is 29.6 Å². The van der Waals surface area contributed by atoms with Crippen LogP contribution in [0.3, 0.4) is 0 Å². The maximum atomic E-state index is 13.7. The number of aromatic nitrogens is 1. The number of rotatable bonds is 2. The molecule has 1 aliphatic heterocycles. The molecular formula is C22H21ClF2N2. The summed E-state index contributed by atoms with van der Waals surface area (Å²) in [4.78, 5) is 2.33. The first-order valence-corrected chi connectivity index (χ1v) is 9.45. The van der Waals surface area contributed by atoms with E-state index in [1.807, 2.05) is 31.3 Å². The van der Waals surface area contributed by atoms with Gasteiger partial charge in [-0.3, -0.25) is 0 Å². The van der Waals surface area contributed by atoms with Gasteiger partial charge in [0.05, 0.1) is 5.52 Å². The molecule has 0 saturated carbocycles. The summed E-state index contributed by atoms with van der Waals surface area (Å²) in [5.74, 6) is -1.66. The molecule has 4 rings (SSSR count). The molecule has 0 atom stereocenters. The summed E-state index contributed by atoms with van der Waals surface area (Å²) in [7, 11) is 2.13. The Kier molecular flexibility index (Phi) is 4.79. The Labute approximate surface area is 162 Å². The minimum atomic E-state index is -0.829. The van der Waals surface area contributed by atoms with Crippen LogP contribution in [-0.2, 0) is 12.8 Å². The van der Waals surface area contributed by atoms with Gasteiger partial charge in [0.15, 0.2) is 11.6 Å². The van der Waals surface area contributed by atoms with Gasteiger partial charge in [-0.2, -0.15) is 0 Å². The van der Waals surface area contributed by atoms with Crippen LogP contribution < -0.4 is 0 Å². The van der Waals surface area contributed by atoms with E-state index in [9.17, 15) is 8.78 Å². The second kappa shape index (κ2) is 7.10. The Morgan fingerprint density at radius 2 is 1.81 bits per heavy atom. The Morgan fingerprint density at radius 3 is 2.59 bits per heavy atom. The van der Waals surface area contributed by atoms with Gasteiger partial charge in [0.1, 0.15) is 0 Å². The standard InChI is InChI=1S/C22H21ClF2N2/c1-14(15-3-5-19(24)20(25)11-15)13-27-21-6-4-16(23)12-18(21)17-7-9-26(2)10-8-22(17)27/h3-6,11-13H,7-10H2,1-2H3/b14-13-. The predicted octanol–water partition coefficient (Wildman–Crippen LogP) is 5.62. The Bertz CT molecular complexity index is 1050. The third-order valence-corrected chi connectivity index (χ3v) is 5.59. The SMILES string of the molecule is C/C(=C/n1c2c(c3cc(Cl)ccc31)CCN(C)CC2)c1ccc(F)c(F)c1. The molecule has 0 spiro atoms. The van der Waals surface area contributed by atoms with Gasteiger partial charge >= 0.3 is 0 Å². The number of benzene rings is 2. The van der Waals surface area contributed by atoms with Crippen LogP contribution in [0.5, 0.6) is 0 Å². The van der Waals surface area contributed by atoms with Crippen molar-refractivity contribution in [1.29, 1.82) is 0 Å². The van der Waals surface area contributed by atoms with Gasteiger partial charge in [-0.05, 0) is 67.4 Å². The number of hydrogen-bond acceptors (Lipinski definition) is 1. The zero-order chi connectivity index (χ0) is 19.1. The van der Waals surface area contributed by atoms with Gasteiger partial charge in [-0.1, -0.05) is 17.7 Å². The largest absolute Gasteiger partial charge is 0.320 e. The minimum absolute atomic E-state index is 0.671. The Morgan fingerprint density at radius 1 is 1.04 bits per heavy atom. The molecule has 2 nitrogen and oxygen atoms in total. The number of hydrogen-bond donors (Lipinski definition) is 0. The maximum Gasteiger partial charge on any atom is 0.159 e. The van der Waals surface area contributed by atoms with E-state index in [-0.39, 0.29) is 0 Å². The fraction of sp³-hybridized carbons (Fsp3) is 0.273. The molecule has 0 radical (unpaired) electrons. The quantitative estimate of drug-likeness (QED) is 0.554. The normalized spacial score (nSPS) is 15.8. The van der Waals surface area contributed by atoms with Crippen molar-refractivity contribution in [2.45, 2.75) is 19.8 Å². The highest BCUT2D eigenvalue weighted by Gasteiger charge is 2.20. The van der Waals surface area contributed by atoms with Gasteiger partial charge in [-0.15, -0.1) is 0 Å². The molecule has 0 N–H and O–H groups in total. The Balaban J connectivity index is 1.89. The molecule has 140 valence electrons. The van der Waals surface area contributed by atoms with E-state index in [1.165, 1.54) is 28.8 Å². The van der Waals surface area contributed by atoms with Crippen molar-refractivity contribution in [3.05, 3.63) is 69.9 Å². The summed E-state index contributed by atoms with van der Waals surface area (Å²) in [5, 5.41) is 1.89. The van der Waals surface area contributed by atoms with E-state index < -0.39 is 11.6 Å². The third kappa shape index (κ3) is 3.40. The van der Waals surface area contributed by atoms with Crippen LogP contribution in [0.25, 0.3) is 22.7 Å². The molecule has 27 heavy (non-hydrogen) atoms. The van der Waals surface area contributed by atoms with Crippen molar-refractivity contribution in [2.75, 3.05) is 20.1 Å². The number of likely N-dealkylation sites (N-methyl/N-ethyl adjacent to an activating group) is 1. The van der Waals surface area contributed by atoms with Crippen molar-refractivity contribution >= 4 is 34.3 Å². The van der Waals surface area contributed by atoms with E-state index in [2.05, 4.69) is 16.5 Å². The van der Waals surface area contributed by atoms with E-state index in [1.54, 1.807) is 6.07 Å². The van der Waals surface area contributed by atoms with Crippen LogP contribution in [0, 0.1) is 11.6 Å². The lowest BCUT2D eigenvalue weighted by Crippen LogP contribution is -2.21. The zero-order valence-corrected chi connectivity index (χ0v) is 16.2. The van der Waals surface area contributed by atoms with E-state index in [0.717, 1.165) is 42.0 Å². The van der Waals surface area contributed by atoms with Crippen LogP contribution >= 0.6 is 11.6 Å². The molecule has 1 aliphatic rings. The molecule has 1 aromatic heterocycles. The second-order valence-electron chi connectivity index (χ2n) is 7.20. The summed E-state index contributed by atoms with van der Waals surface area (Å²) < 4.78 is 29.1. The molecule has 2 aromatic carbocycles. The molecule has 0 aliphatic carbocycles. The van der Waals surface area contributed by atoms with Crippen LogP contribution in [0.15, 0.2) is 36.4 Å². The molecule has 0 amide bonds. The molecule has 0 fully saturated rings. The molecular weight excluding hydrogens is 366 g/mol. The lowest BCUT2D eigenvalue weighted by atomic mass is 10.1. The lowest BCUT2D eigenvalue weighted by Gasteiger charge is -2.13. The van der Waals surface area contributed by atoms with Gasteiger partial charge in [0.2, 0.25) is 0 Å². The second-order valence-corrected chi connectivity index (χ2v) is 7.64. The number of allylic oxidation sites excluding steroid dienone is 1. The molecule has 0 unspecified atom stereocenters. The average Bonchev–Trinajstić information content (AvgIpc) is 2.78. The summed E-state index contributed by atoms with van der Waals surface area (Å²) in [6, 6.07) is 9.98. The first-order chi connectivity index (χ1) is 12.9. The van der Waals surface area contributed by atoms with E-state index in [0.29, 0.717) is 5.56 Å². The van der Waals surface area contributed by atoms with Crippen molar-refractivity contribution < 1.29 is 8.78 Å². The van der Waals surface area contributed by atoms with Crippen LogP contribution in [0.1, 0.15) is 23.7 Å². The lowest BCUT2D eigenvalue weighted by molar-refractivity contribution is 0.351. The first kappa shape index (κ1) is 18.2. The molecule has 0 saturated heterocycles. The highest BCUT2D eigenvalue weighted by molar-refractivity contribution is 6.31. The predicted molar refractivity (Wildman–Crippen MR) is 108 cm³/mol. The average molecular weight is 387 g/mol. The third-order valence-electron chi connectivity index (χ3n) is 5.35. The molecule has 0 bridgehead atoms. The smallest absolute Gasteiger partial charge is 0.159 e. The zero-order valence-electron chi connectivity index (χ0n) is 15.4. The van der Waals surface area contributed by atoms with E-state index >= 15 is 0 Å². The summed E-state index contributed by atoms with van der Waals surface area (Å²) in [5.41, 5.74) is 5.23. The van der Waals surface area contributed by atoms with Crippen molar-refractivity contribution in [1.82, 2.24) is 9.47 Å². The molecule has 2 heterocycles. The van der Waals surface area contributed by atoms with Crippen molar-refractivity contribution in [2.24, 2.45) is 0 Å². The fourth-order valence-corrected chi connectivity index (χ4v) is 4.00. The highest BCUT2D eigenvalue weighted by atomic mass is 35.5. The van der Waals surface area contributed by atoms with Gasteiger partial charge < -0.3 is 9.47 Å². The minimum Gasteiger partial charge on any atom is -0.320 e. The highest BCUT2D eigenvalue weighted by Crippen LogP contribution is 2.32. The van der Waals surface area contributed by atoms with Crippen molar-refractivity contribution in [3.8, 4) is 0 Å². The Hall–Kier alpha value is -2.17. The summed E-state index contributed by atoms with van der Waals surface area (Å²) >= 11 is 6.26. The van der Waals surface area contributed by atoms with Crippen LogP contribution in [0.2, 0.25) is 5.02 Å². The molecule has 3 aromatic rings. The van der Waals surface area contributed by atoms with Crippen molar-refractivity contribution in [3.63, 3.8) is 0 Å². The van der Waals surface area contributed by atoms with Gasteiger partial charge in [0, 0.05) is 41.8 Å². The molecule has 5 heteroatoms. The number of nitrogens with zero attached hydrogens (tertiary/aromatic N) is 2. The monoisotopic (exact) mass is 386 g/mol. The topological polar surface area (TPSA) is 8.17 Å². The number of halogens is 3. The summed E-state index contributed by atoms with van der Waals surface area (Å²) in [6.45, 7) is 3.91.